The van der Waals surface area contributed by atoms with Crippen LogP contribution in [0.15, 0.2) is 0 Å². The van der Waals surface area contributed by atoms with Crippen LogP contribution in [0.25, 0.3) is 0 Å². The zero-order chi connectivity index (χ0) is 6.91. The van der Waals surface area contributed by atoms with Gasteiger partial charge in [0.1, 0.15) is 0 Å². The van der Waals surface area contributed by atoms with E-state index in [1.54, 1.807) is 0 Å². The van der Waals surface area contributed by atoms with Crippen LogP contribution in [0.5, 0.6) is 0 Å². The molecular formula is C6H13NOS. The van der Waals surface area contributed by atoms with Gasteiger partial charge in [0.15, 0.2) is 0 Å². The first-order chi connectivity index (χ1) is 4.13. The second-order valence-electron chi connectivity index (χ2n) is 2.74. The average Bonchev–Trinajstić information content (AvgIpc) is 1.77. The summed E-state index contributed by atoms with van der Waals surface area (Å²) in [6.45, 7) is 1.93. The molecule has 0 aromatic heterocycles. The van der Waals surface area contributed by atoms with Crippen molar-refractivity contribution in [2.45, 2.75) is 31.4 Å². The summed E-state index contributed by atoms with van der Waals surface area (Å²) in [5.41, 5.74) is 0. The van der Waals surface area contributed by atoms with Crippen LogP contribution in [0.2, 0.25) is 0 Å². The number of nitrogens with one attached hydrogen (secondary N) is 1. The van der Waals surface area contributed by atoms with Crippen molar-refractivity contribution in [1.82, 2.24) is 0 Å². The van der Waals surface area contributed by atoms with Crippen LogP contribution in [0.4, 0.5) is 0 Å². The van der Waals surface area contributed by atoms with E-state index in [1.165, 1.54) is 0 Å². The molecule has 0 spiro atoms. The monoisotopic (exact) mass is 147 g/mol. The molecule has 54 valence electrons. The summed E-state index contributed by atoms with van der Waals surface area (Å²) in [6.07, 6.45) is 3.14. The van der Waals surface area contributed by atoms with E-state index in [2.05, 4.69) is 0 Å². The molecule has 1 N–H and O–H groups in total. The molecule has 2 atom stereocenters. The molecule has 0 amide bonds. The van der Waals surface area contributed by atoms with Crippen molar-refractivity contribution < 1.29 is 4.21 Å². The Morgan fingerprint density at radius 3 is 2.56 bits per heavy atom. The normalized spacial score (nSPS) is 44.8. The van der Waals surface area contributed by atoms with Gasteiger partial charge in [-0.1, -0.05) is 6.42 Å². The molecule has 0 aromatic rings. The third kappa shape index (κ3) is 1.45. The van der Waals surface area contributed by atoms with Gasteiger partial charge in [-0.2, -0.15) is 0 Å². The smallest absolute Gasteiger partial charge is 0.0467 e. The van der Waals surface area contributed by atoms with E-state index in [0.717, 1.165) is 19.3 Å². The van der Waals surface area contributed by atoms with Gasteiger partial charge in [-0.3, -0.25) is 4.78 Å². The maximum atomic E-state index is 11.2. The molecule has 0 aromatic carbocycles. The Balaban J connectivity index is 2.72. The second-order valence-corrected chi connectivity index (χ2v) is 5.40. The first-order valence-electron chi connectivity index (χ1n) is 3.38. The first kappa shape index (κ1) is 7.06. The van der Waals surface area contributed by atoms with Crippen molar-refractivity contribution in [2.75, 3.05) is 5.75 Å². The highest BCUT2D eigenvalue weighted by Gasteiger charge is 2.20. The summed E-state index contributed by atoms with van der Waals surface area (Å²) in [6, 6.07) is 0. The molecule has 9 heavy (non-hydrogen) atoms. The van der Waals surface area contributed by atoms with Crippen molar-refractivity contribution in [3.8, 4) is 0 Å². The highest BCUT2D eigenvalue weighted by Crippen LogP contribution is 2.18. The number of hydrogen-bond donors (Lipinski definition) is 1. The predicted octanol–water partition coefficient (Wildman–Crippen LogP) is 1.61. The summed E-state index contributed by atoms with van der Waals surface area (Å²) >= 11 is 0. The van der Waals surface area contributed by atoms with Gasteiger partial charge >= 0.3 is 0 Å². The topological polar surface area (TPSA) is 40.9 Å². The fourth-order valence-corrected chi connectivity index (χ4v) is 2.72. The lowest BCUT2D eigenvalue weighted by atomic mass is 10.2. The Morgan fingerprint density at radius 1 is 1.56 bits per heavy atom. The van der Waals surface area contributed by atoms with Crippen molar-refractivity contribution in [2.24, 2.45) is 0 Å². The van der Waals surface area contributed by atoms with Crippen LogP contribution < -0.4 is 0 Å². The van der Waals surface area contributed by atoms with Crippen LogP contribution in [-0.4, -0.2) is 15.2 Å². The highest BCUT2D eigenvalue weighted by atomic mass is 32.2. The van der Waals surface area contributed by atoms with Crippen molar-refractivity contribution in [3.05, 3.63) is 0 Å². The van der Waals surface area contributed by atoms with Crippen LogP contribution in [0, 0.1) is 4.78 Å². The van der Waals surface area contributed by atoms with Crippen molar-refractivity contribution in [3.63, 3.8) is 0 Å². The molecule has 2 unspecified atom stereocenters. The molecular weight excluding hydrogens is 134 g/mol. The van der Waals surface area contributed by atoms with Gasteiger partial charge in [-0.15, -0.1) is 0 Å². The van der Waals surface area contributed by atoms with Crippen LogP contribution in [-0.2, 0) is 9.73 Å². The lowest BCUT2D eigenvalue weighted by Gasteiger charge is -2.20. The lowest BCUT2D eigenvalue weighted by molar-refractivity contribution is 0.613. The van der Waals surface area contributed by atoms with Crippen LogP contribution >= 0.6 is 0 Å². The average molecular weight is 147 g/mol. The van der Waals surface area contributed by atoms with E-state index < -0.39 is 9.73 Å². The zero-order valence-electron chi connectivity index (χ0n) is 5.72. The van der Waals surface area contributed by atoms with E-state index >= 15 is 0 Å². The van der Waals surface area contributed by atoms with Gasteiger partial charge in [-0.25, -0.2) is 4.21 Å². The van der Waals surface area contributed by atoms with Gasteiger partial charge < -0.3 is 0 Å². The minimum atomic E-state index is -2.16. The molecule has 3 heteroatoms. The zero-order valence-corrected chi connectivity index (χ0v) is 6.54. The second kappa shape index (κ2) is 2.29. The van der Waals surface area contributed by atoms with E-state index in [1.807, 2.05) is 6.92 Å². The van der Waals surface area contributed by atoms with E-state index in [4.69, 9.17) is 4.78 Å². The molecule has 0 aliphatic carbocycles. The molecule has 0 saturated carbocycles. The maximum Gasteiger partial charge on any atom is 0.0467 e. The molecule has 0 bridgehead atoms. The minimum Gasteiger partial charge on any atom is -0.253 e. The van der Waals surface area contributed by atoms with Gasteiger partial charge in [0.05, 0.1) is 0 Å². The van der Waals surface area contributed by atoms with Crippen LogP contribution in [0.3, 0.4) is 0 Å². The Kier molecular flexibility index (Phi) is 1.80. The third-order valence-corrected chi connectivity index (χ3v) is 4.39. The summed E-state index contributed by atoms with van der Waals surface area (Å²) in [5, 5.41) is 0.145. The van der Waals surface area contributed by atoms with Gasteiger partial charge in [0, 0.05) is 20.7 Å². The molecule has 1 fully saturated rings. The minimum absolute atomic E-state index is 0.145. The molecule has 1 aliphatic rings. The molecule has 1 saturated heterocycles. The van der Waals surface area contributed by atoms with Crippen molar-refractivity contribution in [1.29, 1.82) is 4.78 Å². The predicted molar refractivity (Wildman–Crippen MR) is 39.0 cm³/mol. The fourth-order valence-electron chi connectivity index (χ4n) is 1.14. The van der Waals surface area contributed by atoms with E-state index in [9.17, 15) is 4.21 Å². The van der Waals surface area contributed by atoms with E-state index in [-0.39, 0.29) is 5.25 Å². The Labute approximate surface area is 56.6 Å². The van der Waals surface area contributed by atoms with E-state index in [0.29, 0.717) is 5.75 Å². The van der Waals surface area contributed by atoms with Crippen LogP contribution in [0.1, 0.15) is 26.2 Å². The van der Waals surface area contributed by atoms with Gasteiger partial charge in [0.25, 0.3) is 0 Å². The standard InChI is InChI=1S/C6H13NOS/c1-6-4-2-3-5-9(6,7)8/h6-7H,2-5H2,1H3. The Hall–Kier alpha value is -0.0500. The SMILES string of the molecule is CC1CCCCS1(=N)=O. The number of hydrogen-bond acceptors (Lipinski definition) is 2. The third-order valence-electron chi connectivity index (χ3n) is 1.96. The summed E-state index contributed by atoms with van der Waals surface area (Å²) in [4.78, 5) is 0. The molecule has 1 heterocycles. The molecule has 1 aliphatic heterocycles. The summed E-state index contributed by atoms with van der Waals surface area (Å²) in [7, 11) is -2.16. The molecule has 0 radical (unpaired) electrons. The molecule has 1 rings (SSSR count). The Morgan fingerprint density at radius 2 is 2.22 bits per heavy atom. The fraction of sp³-hybridized carbons (Fsp3) is 1.00. The summed E-state index contributed by atoms with van der Waals surface area (Å²) in [5.74, 6) is 0.633. The van der Waals surface area contributed by atoms with Gasteiger partial charge in [-0.05, 0) is 19.8 Å². The summed E-state index contributed by atoms with van der Waals surface area (Å²) < 4.78 is 18.6. The quantitative estimate of drug-likeness (QED) is 0.555. The first-order valence-corrected chi connectivity index (χ1v) is 5.17. The van der Waals surface area contributed by atoms with Gasteiger partial charge in [0.2, 0.25) is 0 Å². The van der Waals surface area contributed by atoms with Crippen molar-refractivity contribution >= 4 is 9.73 Å². The maximum absolute atomic E-state index is 11.2. The number of rotatable bonds is 0. The Bertz CT molecular complexity index is 183. The highest BCUT2D eigenvalue weighted by molar-refractivity contribution is 7.93. The molecule has 2 nitrogen and oxygen atoms in total. The lowest BCUT2D eigenvalue weighted by Crippen LogP contribution is -2.23. The largest absolute Gasteiger partial charge is 0.253 e.